The molecule has 0 saturated carbocycles. The number of aromatic nitrogens is 1. The minimum Gasteiger partial charge on any atom is -0.493 e. The van der Waals surface area contributed by atoms with Crippen molar-refractivity contribution in [2.24, 2.45) is 0 Å². The van der Waals surface area contributed by atoms with Gasteiger partial charge in [-0.2, -0.15) is 0 Å². The van der Waals surface area contributed by atoms with Gasteiger partial charge >= 0.3 is 6.03 Å². The minimum absolute atomic E-state index is 0.115. The Labute approximate surface area is 191 Å². The highest BCUT2D eigenvalue weighted by atomic mass is 35.5. The molecule has 4 aromatic rings. The van der Waals surface area contributed by atoms with Crippen LogP contribution in [-0.4, -0.2) is 31.8 Å². The van der Waals surface area contributed by atoms with Crippen LogP contribution in [-0.2, 0) is 0 Å². The molecule has 0 aliphatic rings. The lowest BCUT2D eigenvalue weighted by molar-refractivity contribution is 0.252. The molecule has 1 heterocycles. The lowest BCUT2D eigenvalue weighted by Crippen LogP contribution is -2.32. The van der Waals surface area contributed by atoms with E-state index in [0.717, 1.165) is 22.0 Å². The number of rotatable bonds is 7. The van der Waals surface area contributed by atoms with Crippen LogP contribution in [0.15, 0.2) is 72.9 Å². The molecule has 164 valence electrons. The summed E-state index contributed by atoms with van der Waals surface area (Å²) in [5, 5.41) is 7.48. The molecule has 0 fully saturated rings. The summed E-state index contributed by atoms with van der Waals surface area (Å²) in [4.78, 5) is 15.9. The average molecular weight is 450 g/mol. The maximum atomic E-state index is 12.6. The van der Waals surface area contributed by atoms with Crippen molar-refractivity contribution in [2.45, 2.75) is 5.92 Å². The van der Waals surface area contributed by atoms with Gasteiger partial charge in [-0.05, 0) is 47.5 Å². The van der Waals surface area contributed by atoms with Gasteiger partial charge in [-0.3, -0.25) is 0 Å². The second-order valence-electron chi connectivity index (χ2n) is 7.30. The molecule has 6 nitrogen and oxygen atoms in total. The fraction of sp³-hybridized carbons (Fsp3) is 0.160. The highest BCUT2D eigenvalue weighted by Crippen LogP contribution is 2.35. The van der Waals surface area contributed by atoms with Gasteiger partial charge in [-0.25, -0.2) is 4.79 Å². The van der Waals surface area contributed by atoms with Crippen LogP contribution in [0.25, 0.3) is 10.9 Å². The van der Waals surface area contributed by atoms with Crippen LogP contribution in [0.3, 0.4) is 0 Å². The molecule has 4 rings (SSSR count). The van der Waals surface area contributed by atoms with E-state index < -0.39 is 0 Å². The highest BCUT2D eigenvalue weighted by molar-refractivity contribution is 6.30. The number of amides is 2. The van der Waals surface area contributed by atoms with E-state index in [1.165, 1.54) is 0 Å². The zero-order valence-electron chi connectivity index (χ0n) is 17.8. The summed E-state index contributed by atoms with van der Waals surface area (Å²) in [7, 11) is 3.22. The van der Waals surface area contributed by atoms with E-state index in [2.05, 4.69) is 21.7 Å². The molecule has 1 aromatic heterocycles. The van der Waals surface area contributed by atoms with Crippen LogP contribution in [0.2, 0.25) is 5.02 Å². The van der Waals surface area contributed by atoms with Crippen LogP contribution in [0.4, 0.5) is 10.5 Å². The molecule has 0 aliphatic carbocycles. The summed E-state index contributed by atoms with van der Waals surface area (Å²) in [5.41, 5.74) is 3.74. The van der Waals surface area contributed by atoms with Crippen molar-refractivity contribution in [3.8, 4) is 11.5 Å². The molecule has 0 unspecified atom stereocenters. The van der Waals surface area contributed by atoms with E-state index in [1.807, 2.05) is 42.6 Å². The van der Waals surface area contributed by atoms with Gasteiger partial charge in [0.1, 0.15) is 0 Å². The first-order chi connectivity index (χ1) is 15.6. The number of methoxy groups -OCH3 is 2. The van der Waals surface area contributed by atoms with Gasteiger partial charge in [0.15, 0.2) is 11.5 Å². The number of fused-ring (bicyclic) bond motifs is 1. The Balaban J connectivity index is 1.63. The van der Waals surface area contributed by atoms with Gasteiger partial charge in [0.25, 0.3) is 0 Å². The maximum Gasteiger partial charge on any atom is 0.319 e. The number of hydrogen-bond acceptors (Lipinski definition) is 3. The van der Waals surface area contributed by atoms with Crippen LogP contribution >= 0.6 is 11.6 Å². The smallest absolute Gasteiger partial charge is 0.319 e. The van der Waals surface area contributed by atoms with Crippen molar-refractivity contribution in [1.82, 2.24) is 10.3 Å². The first-order valence-electron chi connectivity index (χ1n) is 10.2. The number of urea groups is 1. The van der Waals surface area contributed by atoms with Crippen molar-refractivity contribution >= 4 is 34.2 Å². The normalized spacial score (nSPS) is 11.7. The number of carbonyl (C=O) groups is 1. The Kier molecular flexibility index (Phi) is 6.52. The Morgan fingerprint density at radius 3 is 2.59 bits per heavy atom. The lowest BCUT2D eigenvalue weighted by atomic mass is 9.90. The van der Waals surface area contributed by atoms with Crippen molar-refractivity contribution in [2.75, 3.05) is 26.1 Å². The number of H-pyrrole nitrogens is 1. The fourth-order valence-electron chi connectivity index (χ4n) is 3.80. The van der Waals surface area contributed by atoms with Crippen molar-refractivity contribution in [3.05, 3.63) is 89.1 Å². The second-order valence-corrected chi connectivity index (χ2v) is 7.74. The van der Waals surface area contributed by atoms with Gasteiger partial charge in [0.2, 0.25) is 0 Å². The third-order valence-electron chi connectivity index (χ3n) is 5.36. The van der Waals surface area contributed by atoms with E-state index in [4.69, 9.17) is 21.1 Å². The highest BCUT2D eigenvalue weighted by Gasteiger charge is 2.21. The number of aromatic amines is 1. The number of para-hydroxylation sites is 1. The largest absolute Gasteiger partial charge is 0.493 e. The summed E-state index contributed by atoms with van der Waals surface area (Å²) in [5.74, 6) is 1.18. The Morgan fingerprint density at radius 2 is 1.81 bits per heavy atom. The summed E-state index contributed by atoms with van der Waals surface area (Å²) in [6, 6.07) is 20.6. The molecular formula is C25H24ClN3O3. The number of hydrogen-bond donors (Lipinski definition) is 3. The van der Waals surface area contributed by atoms with E-state index in [9.17, 15) is 4.79 Å². The van der Waals surface area contributed by atoms with Gasteiger partial charge in [-0.1, -0.05) is 41.9 Å². The number of halogens is 1. The van der Waals surface area contributed by atoms with E-state index >= 15 is 0 Å². The second kappa shape index (κ2) is 9.66. The molecule has 7 heteroatoms. The van der Waals surface area contributed by atoms with Crippen LogP contribution < -0.4 is 20.1 Å². The number of benzene rings is 3. The molecule has 2 amide bonds. The summed E-state index contributed by atoms with van der Waals surface area (Å²) < 4.78 is 10.9. The molecule has 3 aromatic carbocycles. The number of anilines is 1. The fourth-order valence-corrected chi connectivity index (χ4v) is 3.99. The molecule has 32 heavy (non-hydrogen) atoms. The Hall–Kier alpha value is -3.64. The zero-order chi connectivity index (χ0) is 22.5. The van der Waals surface area contributed by atoms with Gasteiger partial charge < -0.3 is 25.1 Å². The SMILES string of the molecule is COc1ccc([C@@H](CNC(=O)Nc2cccc(Cl)c2)c2c[nH]c3ccccc23)cc1OC. The zero-order valence-corrected chi connectivity index (χ0v) is 18.6. The number of nitrogens with one attached hydrogen (secondary N) is 3. The molecular weight excluding hydrogens is 426 g/mol. The Morgan fingerprint density at radius 1 is 1.00 bits per heavy atom. The average Bonchev–Trinajstić information content (AvgIpc) is 3.23. The third-order valence-corrected chi connectivity index (χ3v) is 5.59. The van der Waals surface area contributed by atoms with E-state index in [-0.39, 0.29) is 11.9 Å². The van der Waals surface area contributed by atoms with Gasteiger partial charge in [0.05, 0.1) is 14.2 Å². The van der Waals surface area contributed by atoms with Crippen LogP contribution in [0, 0.1) is 0 Å². The summed E-state index contributed by atoms with van der Waals surface area (Å²) >= 11 is 6.01. The number of ether oxygens (including phenoxy) is 2. The van der Waals surface area contributed by atoms with Crippen LogP contribution in [0.5, 0.6) is 11.5 Å². The molecule has 3 N–H and O–H groups in total. The minimum atomic E-state index is -0.308. The summed E-state index contributed by atoms with van der Waals surface area (Å²) in [6.45, 7) is 0.379. The standard InChI is InChI=1S/C25H24ClN3O3/c1-31-23-11-10-16(12-24(23)32-2)20(21-15-27-22-9-4-3-8-19(21)22)14-28-25(30)29-18-7-5-6-17(26)13-18/h3-13,15,20,27H,14H2,1-2H3,(H2,28,29,30)/t20-/m1/s1. The number of carbonyl (C=O) groups excluding carboxylic acids is 1. The van der Waals surface area contributed by atoms with Crippen LogP contribution in [0.1, 0.15) is 17.0 Å². The first-order valence-corrected chi connectivity index (χ1v) is 10.5. The monoisotopic (exact) mass is 449 g/mol. The quantitative estimate of drug-likeness (QED) is 0.334. The lowest BCUT2D eigenvalue weighted by Gasteiger charge is -2.20. The third kappa shape index (κ3) is 4.65. The molecule has 0 bridgehead atoms. The molecule has 0 spiro atoms. The van der Waals surface area contributed by atoms with Crippen molar-refractivity contribution < 1.29 is 14.3 Å². The van der Waals surface area contributed by atoms with E-state index in [0.29, 0.717) is 28.8 Å². The Bertz CT molecular complexity index is 1240. The first kappa shape index (κ1) is 21.6. The molecule has 0 saturated heterocycles. The predicted molar refractivity (Wildman–Crippen MR) is 128 cm³/mol. The predicted octanol–water partition coefficient (Wildman–Crippen LogP) is 5.79. The summed E-state index contributed by atoms with van der Waals surface area (Å²) in [6.07, 6.45) is 1.99. The van der Waals surface area contributed by atoms with Gasteiger partial charge in [0, 0.05) is 40.3 Å². The topological polar surface area (TPSA) is 75.4 Å². The van der Waals surface area contributed by atoms with Gasteiger partial charge in [-0.15, -0.1) is 0 Å². The molecule has 1 atom stereocenters. The molecule has 0 aliphatic heterocycles. The molecule has 0 radical (unpaired) electrons. The van der Waals surface area contributed by atoms with Crippen molar-refractivity contribution in [3.63, 3.8) is 0 Å². The van der Waals surface area contributed by atoms with Crippen molar-refractivity contribution in [1.29, 1.82) is 0 Å². The van der Waals surface area contributed by atoms with E-state index in [1.54, 1.807) is 38.5 Å². The maximum absolute atomic E-state index is 12.6.